The number of halogens is 1. The number of unbranched alkanes of at least 4 members (excludes halogenated alkanes) is 1. The van der Waals surface area contributed by atoms with Crippen LogP contribution in [-0.4, -0.2) is 23.3 Å². The molecule has 8 heteroatoms. The minimum absolute atomic E-state index is 0. The van der Waals surface area contributed by atoms with Gasteiger partial charge >= 0.3 is 0 Å². The Kier molecular flexibility index (Phi) is 11.7. The second kappa shape index (κ2) is 10.2. The fourth-order valence-electron chi connectivity index (χ4n) is 0.693. The number of carbonyl (C=O) groups is 1. The summed E-state index contributed by atoms with van der Waals surface area (Å²) >= 11 is 10.1. The summed E-state index contributed by atoms with van der Waals surface area (Å²) in [5, 5.41) is 2.22. The molecule has 0 aromatic carbocycles. The Bertz CT molecular complexity index is 276. The molecule has 96 valence electrons. The second-order valence-corrected chi connectivity index (χ2v) is 6.06. The summed E-state index contributed by atoms with van der Waals surface area (Å²) in [6.45, 7) is -0.836. The molecule has 5 nitrogen and oxygen atoms in total. The minimum Gasteiger partial charge on any atom is -0.344 e. The van der Waals surface area contributed by atoms with Crippen LogP contribution in [0.2, 0.25) is 0 Å². The van der Waals surface area contributed by atoms with E-state index < -0.39 is 12.5 Å². The van der Waals surface area contributed by atoms with Crippen LogP contribution in [-0.2, 0) is 21.1 Å². The molecule has 0 fully saturated rings. The van der Waals surface area contributed by atoms with Crippen molar-refractivity contribution in [2.75, 3.05) is 12.5 Å². The maximum Gasteiger partial charge on any atom is 0.287 e. The van der Waals surface area contributed by atoms with Gasteiger partial charge in [0.25, 0.3) is 12.5 Å². The maximum atomic E-state index is 11.1. The molecule has 5 N–H and O–H groups in total. The predicted molar refractivity (Wildman–Crippen MR) is 70.4 cm³/mol. The number of nitrogens with one attached hydrogen (secondary N) is 1. The number of hydrogen-bond donors (Lipinski definition) is 3. The number of allylic oxidation sites excluding steroid dienone is 1. The van der Waals surface area contributed by atoms with Crippen molar-refractivity contribution in [3.8, 4) is 0 Å². The van der Waals surface area contributed by atoms with Gasteiger partial charge < -0.3 is 15.6 Å². The van der Waals surface area contributed by atoms with E-state index in [1.807, 2.05) is 6.92 Å². The molecule has 0 aromatic rings. The highest BCUT2D eigenvalue weighted by molar-refractivity contribution is 8.08. The largest absolute Gasteiger partial charge is 0.344 e. The van der Waals surface area contributed by atoms with E-state index in [1.54, 1.807) is 0 Å². The second-order valence-electron chi connectivity index (χ2n) is 2.74. The number of alkyl halides is 1. The van der Waals surface area contributed by atoms with Gasteiger partial charge in [-0.25, -0.2) is 0 Å². The summed E-state index contributed by atoms with van der Waals surface area (Å²) in [6, 6.07) is 0. The first kappa shape index (κ1) is 18.4. The maximum absolute atomic E-state index is 11.1. The van der Waals surface area contributed by atoms with Crippen molar-refractivity contribution in [2.24, 2.45) is 0 Å². The van der Waals surface area contributed by atoms with Crippen molar-refractivity contribution < 1.29 is 14.2 Å². The molecule has 0 radical (unpaired) electrons. The van der Waals surface area contributed by atoms with Gasteiger partial charge in [-0.1, -0.05) is 19.4 Å². The van der Waals surface area contributed by atoms with Gasteiger partial charge in [0.15, 0.2) is 0 Å². The average Bonchev–Trinajstić information content (AvgIpc) is 2.14. The predicted octanol–water partition coefficient (Wildman–Crippen LogP) is 2.09. The monoisotopic (exact) mass is 288 g/mol. The lowest BCUT2D eigenvalue weighted by Gasteiger charge is -2.15. The minimum atomic E-state index is -3.18. The third kappa shape index (κ3) is 10.5. The fourth-order valence-corrected chi connectivity index (χ4v) is 2.07. The Hall–Kier alpha value is 0.0300. The van der Waals surface area contributed by atoms with E-state index in [-0.39, 0.29) is 12.0 Å². The van der Waals surface area contributed by atoms with E-state index >= 15 is 0 Å². The summed E-state index contributed by atoms with van der Waals surface area (Å²) < 4.78 is 5.00. The van der Waals surface area contributed by atoms with Gasteiger partial charge in [0, 0.05) is 12.0 Å². The van der Waals surface area contributed by atoms with Gasteiger partial charge in [-0.05, 0) is 18.2 Å². The summed E-state index contributed by atoms with van der Waals surface area (Å²) in [4.78, 5) is 20.6. The Morgan fingerprint density at radius 2 is 2.31 bits per heavy atom. The zero-order valence-corrected chi connectivity index (χ0v) is 11.7. The highest BCUT2D eigenvalue weighted by Gasteiger charge is 2.15. The molecule has 0 aromatic heterocycles. The Morgan fingerprint density at radius 3 is 2.81 bits per heavy atom. The van der Waals surface area contributed by atoms with Crippen LogP contribution in [0.3, 0.4) is 0 Å². The molecule has 0 heterocycles. The van der Waals surface area contributed by atoms with Gasteiger partial charge in [0.05, 0.1) is 6.61 Å². The standard InChI is InChI=1S/C8H15ClNO3PS.H3N/c1-2-3-7-13-14(12,15)10-8(11)5-4-6-9;/h4-5H,2-3,6-7H2,1H3,(H2,10,11,12,15);1H3/b5-4+;/t14-;/m0./s1. The lowest BCUT2D eigenvalue weighted by Crippen LogP contribution is -2.19. The van der Waals surface area contributed by atoms with Crippen molar-refractivity contribution in [1.82, 2.24) is 11.2 Å². The zero-order valence-electron chi connectivity index (χ0n) is 9.19. The molecular formula is C8H18ClN2O3PS. The molecule has 16 heavy (non-hydrogen) atoms. The van der Waals surface area contributed by atoms with Crippen molar-refractivity contribution in [3.63, 3.8) is 0 Å². The summed E-state index contributed by atoms with van der Waals surface area (Å²) in [6.07, 6.45) is 4.41. The summed E-state index contributed by atoms with van der Waals surface area (Å²) in [5.41, 5.74) is 0. The Balaban J connectivity index is 0. The van der Waals surface area contributed by atoms with Crippen LogP contribution in [0.5, 0.6) is 0 Å². The quantitative estimate of drug-likeness (QED) is 0.289. The third-order valence-corrected chi connectivity index (χ3v) is 3.18. The van der Waals surface area contributed by atoms with E-state index in [1.165, 1.54) is 12.2 Å². The van der Waals surface area contributed by atoms with Crippen molar-refractivity contribution in [2.45, 2.75) is 19.8 Å². The first-order valence-corrected chi connectivity index (χ1v) is 7.74. The first-order chi connectivity index (χ1) is 7.02. The number of carbonyl (C=O) groups excluding carboxylic acids is 1. The lowest BCUT2D eigenvalue weighted by atomic mass is 10.4. The summed E-state index contributed by atoms with van der Waals surface area (Å²) in [5.74, 6) is -0.253. The number of hydrogen-bond acceptors (Lipinski definition) is 4. The molecule has 0 unspecified atom stereocenters. The van der Waals surface area contributed by atoms with E-state index in [0.717, 1.165) is 12.8 Å². The van der Waals surface area contributed by atoms with Crippen molar-refractivity contribution in [3.05, 3.63) is 12.2 Å². The summed E-state index contributed by atoms with van der Waals surface area (Å²) in [7, 11) is 0. The molecular weight excluding hydrogens is 271 g/mol. The lowest BCUT2D eigenvalue weighted by molar-refractivity contribution is -0.115. The molecule has 0 spiro atoms. The van der Waals surface area contributed by atoms with Crippen LogP contribution in [0.15, 0.2) is 12.2 Å². The highest BCUT2D eigenvalue weighted by Crippen LogP contribution is 2.37. The van der Waals surface area contributed by atoms with Gasteiger partial charge in [-0.2, -0.15) is 0 Å². The first-order valence-electron chi connectivity index (χ1n) is 4.54. The van der Waals surface area contributed by atoms with E-state index in [2.05, 4.69) is 5.09 Å². The molecule has 0 saturated heterocycles. The normalized spacial score (nSPS) is 14.2. The molecule has 1 amide bonds. The van der Waals surface area contributed by atoms with Crippen LogP contribution in [0.4, 0.5) is 0 Å². The van der Waals surface area contributed by atoms with Crippen molar-refractivity contribution in [1.29, 1.82) is 0 Å². The smallest absolute Gasteiger partial charge is 0.287 e. The molecule has 0 saturated carbocycles. The topological polar surface area (TPSA) is 93.6 Å². The van der Waals surface area contributed by atoms with Crippen LogP contribution < -0.4 is 11.2 Å². The Labute approximate surface area is 106 Å². The zero-order chi connectivity index (χ0) is 11.7. The van der Waals surface area contributed by atoms with Crippen LogP contribution in [0.25, 0.3) is 0 Å². The molecule has 0 aliphatic rings. The van der Waals surface area contributed by atoms with Crippen LogP contribution >= 0.6 is 18.2 Å². The fraction of sp³-hybridized carbons (Fsp3) is 0.625. The van der Waals surface area contributed by atoms with E-state index in [9.17, 15) is 9.69 Å². The van der Waals surface area contributed by atoms with Gasteiger partial charge in [-0.15, -0.1) is 11.6 Å². The Morgan fingerprint density at radius 1 is 1.69 bits per heavy atom. The van der Waals surface area contributed by atoms with Crippen molar-refractivity contribution >= 4 is 36.0 Å². The van der Waals surface area contributed by atoms with Crippen LogP contribution in [0, 0.1) is 0 Å². The van der Waals surface area contributed by atoms with Gasteiger partial charge in [0.2, 0.25) is 0 Å². The molecule has 0 aliphatic heterocycles. The van der Waals surface area contributed by atoms with E-state index in [0.29, 0.717) is 6.61 Å². The SMILES string of the molecule is CCCCO[P@](O)(=S)NC(=O)/C=C/CCl.N. The number of rotatable bonds is 7. The molecule has 0 aliphatic carbocycles. The van der Waals surface area contributed by atoms with E-state index in [4.69, 9.17) is 27.9 Å². The molecule has 0 rings (SSSR count). The average molecular weight is 289 g/mol. The third-order valence-electron chi connectivity index (χ3n) is 1.37. The highest BCUT2D eigenvalue weighted by atomic mass is 35.5. The molecule has 1 atom stereocenters. The number of amides is 1. The van der Waals surface area contributed by atoms with Gasteiger partial charge in [-0.3, -0.25) is 9.88 Å². The van der Waals surface area contributed by atoms with Gasteiger partial charge in [0.1, 0.15) is 0 Å². The van der Waals surface area contributed by atoms with Crippen LogP contribution in [0.1, 0.15) is 19.8 Å². The molecule has 0 bridgehead atoms.